The van der Waals surface area contributed by atoms with Gasteiger partial charge in [0, 0.05) is 23.4 Å². The molecule has 124 valence electrons. The second-order valence-electron chi connectivity index (χ2n) is 6.58. The molecule has 4 nitrogen and oxygen atoms in total. The second-order valence-corrected chi connectivity index (χ2v) is 7.45. The van der Waals surface area contributed by atoms with Gasteiger partial charge < -0.3 is 4.74 Å². The Morgan fingerprint density at radius 3 is 2.87 bits per heavy atom. The lowest BCUT2D eigenvalue weighted by molar-refractivity contribution is -0.180. The van der Waals surface area contributed by atoms with Crippen molar-refractivity contribution < 1.29 is 18.3 Å². The van der Waals surface area contributed by atoms with Crippen LogP contribution in [0.5, 0.6) is 0 Å². The number of fused-ring (bicyclic) bond motifs is 3. The number of alkyl halides is 2. The molecule has 2 aromatic rings. The lowest BCUT2D eigenvalue weighted by Crippen LogP contribution is -2.47. The summed E-state index contributed by atoms with van der Waals surface area (Å²) in [5.41, 5.74) is 0.802. The minimum atomic E-state index is -2.61. The van der Waals surface area contributed by atoms with E-state index in [4.69, 9.17) is 4.74 Å². The Balaban J connectivity index is 1.41. The first-order valence-electron chi connectivity index (χ1n) is 7.99. The van der Waals surface area contributed by atoms with Gasteiger partial charge in [-0.15, -0.1) is 11.3 Å². The van der Waals surface area contributed by atoms with Gasteiger partial charge >= 0.3 is 5.97 Å². The zero-order valence-electron chi connectivity index (χ0n) is 12.6. The largest absolute Gasteiger partial charge is 0.459 e. The Hall–Kier alpha value is -1.50. The first-order valence-corrected chi connectivity index (χ1v) is 8.87. The maximum absolute atomic E-state index is 14.1. The Labute approximate surface area is 136 Å². The SMILES string of the molecule is O=C(OCc1cnc2sccn12)C1CC2CCCC(C1)C2(F)F. The number of hydrogen-bond donors (Lipinski definition) is 0. The molecule has 0 aliphatic heterocycles. The van der Waals surface area contributed by atoms with Gasteiger partial charge in [0.05, 0.1) is 17.8 Å². The third-order valence-electron chi connectivity index (χ3n) is 5.25. The summed E-state index contributed by atoms with van der Waals surface area (Å²) in [5.74, 6) is -4.67. The second kappa shape index (κ2) is 5.54. The minimum absolute atomic E-state index is 0.138. The van der Waals surface area contributed by atoms with Gasteiger partial charge in [0.15, 0.2) is 4.96 Å². The molecule has 2 atom stereocenters. The van der Waals surface area contributed by atoms with Crippen LogP contribution in [0.3, 0.4) is 0 Å². The normalized spacial score (nSPS) is 29.6. The van der Waals surface area contributed by atoms with Crippen LogP contribution in [0.15, 0.2) is 17.8 Å². The number of carbonyl (C=O) groups is 1. The minimum Gasteiger partial charge on any atom is -0.459 e. The number of halogens is 2. The van der Waals surface area contributed by atoms with E-state index in [0.717, 1.165) is 17.1 Å². The first-order chi connectivity index (χ1) is 11.1. The highest BCUT2D eigenvalue weighted by Gasteiger charge is 2.54. The summed E-state index contributed by atoms with van der Waals surface area (Å²) in [6.07, 6.45) is 5.95. The Morgan fingerprint density at radius 2 is 2.13 bits per heavy atom. The van der Waals surface area contributed by atoms with Crippen molar-refractivity contribution in [2.24, 2.45) is 17.8 Å². The fraction of sp³-hybridized carbons (Fsp3) is 0.625. The number of hydrogen-bond acceptors (Lipinski definition) is 4. The van der Waals surface area contributed by atoms with E-state index >= 15 is 0 Å². The topological polar surface area (TPSA) is 43.6 Å². The molecule has 4 rings (SSSR count). The third kappa shape index (κ3) is 2.55. The quantitative estimate of drug-likeness (QED) is 0.796. The molecule has 0 saturated heterocycles. The lowest BCUT2D eigenvalue weighted by Gasteiger charge is -2.44. The molecule has 0 amide bonds. The molecule has 2 bridgehead atoms. The van der Waals surface area contributed by atoms with Crippen LogP contribution in [0.2, 0.25) is 0 Å². The van der Waals surface area contributed by atoms with Crippen molar-refractivity contribution in [3.05, 3.63) is 23.5 Å². The fourth-order valence-electron chi connectivity index (χ4n) is 4.00. The zero-order valence-corrected chi connectivity index (χ0v) is 13.4. The average molecular weight is 340 g/mol. The van der Waals surface area contributed by atoms with E-state index in [1.165, 1.54) is 11.3 Å². The fourth-order valence-corrected chi connectivity index (χ4v) is 4.71. The Bertz CT molecular complexity index is 711. The van der Waals surface area contributed by atoms with Gasteiger partial charge in [-0.25, -0.2) is 13.8 Å². The van der Waals surface area contributed by atoms with Crippen molar-refractivity contribution in [2.75, 3.05) is 0 Å². The monoisotopic (exact) mass is 340 g/mol. The van der Waals surface area contributed by atoms with Gasteiger partial charge in [0.1, 0.15) is 6.61 Å². The molecular weight excluding hydrogens is 322 g/mol. The number of rotatable bonds is 3. The summed E-state index contributed by atoms with van der Waals surface area (Å²) < 4.78 is 35.5. The van der Waals surface area contributed by atoms with Crippen LogP contribution in [0.4, 0.5) is 8.78 Å². The molecular formula is C16H18F2N2O2S. The highest BCUT2D eigenvalue weighted by molar-refractivity contribution is 7.15. The van der Waals surface area contributed by atoms with Crippen LogP contribution in [0, 0.1) is 17.8 Å². The van der Waals surface area contributed by atoms with Crippen LogP contribution in [-0.2, 0) is 16.1 Å². The highest BCUT2D eigenvalue weighted by Crippen LogP contribution is 2.52. The van der Waals surface area contributed by atoms with Crippen molar-refractivity contribution in [1.29, 1.82) is 0 Å². The number of thiazole rings is 1. The molecule has 2 saturated carbocycles. The molecule has 2 aromatic heterocycles. The number of ether oxygens (including phenoxy) is 1. The zero-order chi connectivity index (χ0) is 16.0. The molecule has 2 heterocycles. The highest BCUT2D eigenvalue weighted by atomic mass is 32.1. The van der Waals surface area contributed by atoms with Gasteiger partial charge in [-0.1, -0.05) is 6.42 Å². The molecule has 2 unspecified atom stereocenters. The van der Waals surface area contributed by atoms with Crippen molar-refractivity contribution in [2.45, 2.75) is 44.6 Å². The van der Waals surface area contributed by atoms with Crippen LogP contribution >= 0.6 is 11.3 Å². The van der Waals surface area contributed by atoms with E-state index in [1.54, 1.807) is 6.20 Å². The summed E-state index contributed by atoms with van der Waals surface area (Å²) in [6.45, 7) is 0.138. The predicted octanol–water partition coefficient (Wildman–Crippen LogP) is 3.90. The molecule has 0 spiro atoms. The van der Waals surface area contributed by atoms with Gasteiger partial charge in [-0.2, -0.15) is 0 Å². The summed E-state index contributed by atoms with van der Waals surface area (Å²) in [7, 11) is 0. The van der Waals surface area contributed by atoms with Gasteiger partial charge in [-0.05, 0) is 25.7 Å². The summed E-state index contributed by atoms with van der Waals surface area (Å²) in [5, 5.41) is 1.91. The van der Waals surface area contributed by atoms with Crippen molar-refractivity contribution in [3.63, 3.8) is 0 Å². The first kappa shape index (κ1) is 15.1. The predicted molar refractivity (Wildman–Crippen MR) is 81.4 cm³/mol. The maximum atomic E-state index is 14.1. The molecule has 2 aliphatic rings. The summed E-state index contributed by atoms with van der Waals surface area (Å²) >= 11 is 1.51. The molecule has 2 fully saturated rings. The number of esters is 1. The lowest BCUT2D eigenvalue weighted by atomic mass is 9.65. The van der Waals surface area contributed by atoms with E-state index in [-0.39, 0.29) is 25.4 Å². The average Bonchev–Trinajstić information content (AvgIpc) is 3.07. The number of aromatic nitrogens is 2. The van der Waals surface area contributed by atoms with Crippen LogP contribution < -0.4 is 0 Å². The maximum Gasteiger partial charge on any atom is 0.309 e. The van der Waals surface area contributed by atoms with Crippen LogP contribution in [0.25, 0.3) is 4.96 Å². The Morgan fingerprint density at radius 1 is 1.39 bits per heavy atom. The van der Waals surface area contributed by atoms with Crippen molar-refractivity contribution >= 4 is 22.3 Å². The molecule has 0 N–H and O–H groups in total. The number of nitrogens with zero attached hydrogens (tertiary/aromatic N) is 2. The number of carbonyl (C=O) groups excluding carboxylic acids is 1. The van der Waals surface area contributed by atoms with Gasteiger partial charge in [0.2, 0.25) is 0 Å². The van der Waals surface area contributed by atoms with E-state index in [9.17, 15) is 13.6 Å². The van der Waals surface area contributed by atoms with Gasteiger partial charge in [-0.3, -0.25) is 9.20 Å². The van der Waals surface area contributed by atoms with Crippen molar-refractivity contribution in [1.82, 2.24) is 9.38 Å². The Kier molecular flexibility index (Phi) is 3.63. The summed E-state index contributed by atoms with van der Waals surface area (Å²) in [6, 6.07) is 0. The molecule has 23 heavy (non-hydrogen) atoms. The summed E-state index contributed by atoms with van der Waals surface area (Å²) in [4.78, 5) is 17.4. The van der Waals surface area contributed by atoms with Crippen molar-refractivity contribution in [3.8, 4) is 0 Å². The molecule has 0 aromatic carbocycles. The van der Waals surface area contributed by atoms with E-state index in [2.05, 4.69) is 4.98 Å². The smallest absolute Gasteiger partial charge is 0.309 e. The van der Waals surface area contributed by atoms with E-state index in [1.807, 2.05) is 16.0 Å². The third-order valence-corrected chi connectivity index (χ3v) is 6.02. The van der Waals surface area contributed by atoms with Gasteiger partial charge in [0.25, 0.3) is 5.92 Å². The van der Waals surface area contributed by atoms with Crippen LogP contribution in [-0.4, -0.2) is 21.3 Å². The molecule has 7 heteroatoms. The molecule has 2 aliphatic carbocycles. The van der Waals surface area contributed by atoms with Crippen LogP contribution in [0.1, 0.15) is 37.8 Å². The molecule has 0 radical (unpaired) electrons. The standard InChI is InChI=1S/C16H18F2N2O2S/c17-16(18)11-2-1-3-12(16)7-10(6-11)14(21)22-9-13-8-19-15-20(13)4-5-23-15/h4-5,8,10-12H,1-3,6-7,9H2. The van der Waals surface area contributed by atoms with E-state index in [0.29, 0.717) is 12.8 Å². The van der Waals surface area contributed by atoms with E-state index < -0.39 is 23.7 Å². The number of imidazole rings is 1.